The van der Waals surface area contributed by atoms with Gasteiger partial charge < -0.3 is 4.74 Å². The van der Waals surface area contributed by atoms with Crippen LogP contribution in [0.25, 0.3) is 0 Å². The number of ether oxygens (including phenoxy) is 1. The van der Waals surface area contributed by atoms with Gasteiger partial charge >= 0.3 is 0 Å². The standard InChI is InChI=1S/C10H12ClNO3S/c11-9-3-1-2-4-10(9)16(13,14)12-8-5-6-15-7-8/h1-4,8,12H,5-7H2. The lowest BCUT2D eigenvalue weighted by Crippen LogP contribution is -2.35. The van der Waals surface area contributed by atoms with Gasteiger partial charge in [0.15, 0.2) is 0 Å². The Morgan fingerprint density at radius 1 is 1.38 bits per heavy atom. The predicted octanol–water partition coefficient (Wildman–Crippen LogP) is 1.41. The highest BCUT2D eigenvalue weighted by atomic mass is 35.5. The average Bonchev–Trinajstić information content (AvgIpc) is 2.70. The normalized spacial score (nSPS) is 21.2. The molecular weight excluding hydrogens is 250 g/mol. The summed E-state index contributed by atoms with van der Waals surface area (Å²) in [6.45, 7) is 1.01. The van der Waals surface area contributed by atoms with Gasteiger partial charge in [0, 0.05) is 12.6 Å². The smallest absolute Gasteiger partial charge is 0.242 e. The van der Waals surface area contributed by atoms with Crippen LogP contribution in [0.4, 0.5) is 0 Å². The molecule has 16 heavy (non-hydrogen) atoms. The molecule has 0 saturated carbocycles. The molecular formula is C10H12ClNO3S. The highest BCUT2D eigenvalue weighted by molar-refractivity contribution is 7.89. The molecule has 0 aliphatic carbocycles. The summed E-state index contributed by atoms with van der Waals surface area (Å²) < 4.78 is 31.6. The van der Waals surface area contributed by atoms with Crippen molar-refractivity contribution in [2.24, 2.45) is 0 Å². The Kier molecular flexibility index (Phi) is 3.49. The quantitative estimate of drug-likeness (QED) is 0.895. The average molecular weight is 262 g/mol. The molecule has 4 nitrogen and oxygen atoms in total. The first kappa shape index (κ1) is 11.9. The lowest BCUT2D eigenvalue weighted by atomic mass is 10.3. The summed E-state index contributed by atoms with van der Waals surface area (Å²) in [7, 11) is -3.54. The molecule has 1 heterocycles. The molecule has 6 heteroatoms. The van der Waals surface area contributed by atoms with Crippen molar-refractivity contribution in [3.8, 4) is 0 Å². The second-order valence-electron chi connectivity index (χ2n) is 3.61. The molecule has 1 aromatic carbocycles. The van der Waals surface area contributed by atoms with E-state index in [-0.39, 0.29) is 16.0 Å². The molecule has 1 aliphatic rings. The number of benzene rings is 1. The van der Waals surface area contributed by atoms with Crippen molar-refractivity contribution in [2.75, 3.05) is 13.2 Å². The van der Waals surface area contributed by atoms with Gasteiger partial charge in [0.2, 0.25) is 10.0 Å². The molecule has 2 rings (SSSR count). The highest BCUT2D eigenvalue weighted by Crippen LogP contribution is 2.21. The second kappa shape index (κ2) is 4.71. The SMILES string of the molecule is O=S(=O)(NC1CCOC1)c1ccccc1Cl. The Balaban J connectivity index is 2.21. The van der Waals surface area contributed by atoms with Crippen LogP contribution in [-0.4, -0.2) is 27.7 Å². The van der Waals surface area contributed by atoms with E-state index in [0.717, 1.165) is 0 Å². The molecule has 1 saturated heterocycles. The van der Waals surface area contributed by atoms with Crippen molar-refractivity contribution in [3.63, 3.8) is 0 Å². The summed E-state index contributed by atoms with van der Waals surface area (Å²) in [6, 6.07) is 6.23. The van der Waals surface area contributed by atoms with Crippen LogP contribution in [0.1, 0.15) is 6.42 Å². The van der Waals surface area contributed by atoms with E-state index in [2.05, 4.69) is 4.72 Å². The lowest BCUT2D eigenvalue weighted by Gasteiger charge is -2.12. The van der Waals surface area contributed by atoms with Crippen LogP contribution in [0.2, 0.25) is 5.02 Å². The van der Waals surface area contributed by atoms with Crippen LogP contribution in [0, 0.1) is 0 Å². The van der Waals surface area contributed by atoms with Crippen LogP contribution in [0.3, 0.4) is 0 Å². The van der Waals surface area contributed by atoms with Crippen molar-refractivity contribution in [3.05, 3.63) is 29.3 Å². The monoisotopic (exact) mass is 261 g/mol. The van der Waals surface area contributed by atoms with Gasteiger partial charge in [-0.15, -0.1) is 0 Å². The minimum Gasteiger partial charge on any atom is -0.380 e. The van der Waals surface area contributed by atoms with E-state index in [9.17, 15) is 8.42 Å². The van der Waals surface area contributed by atoms with Crippen molar-refractivity contribution in [1.29, 1.82) is 0 Å². The summed E-state index contributed by atoms with van der Waals surface area (Å²) in [4.78, 5) is 0.114. The number of hydrogen-bond acceptors (Lipinski definition) is 3. The minimum absolute atomic E-state index is 0.114. The van der Waals surface area contributed by atoms with Gasteiger partial charge in [0.25, 0.3) is 0 Å². The Morgan fingerprint density at radius 3 is 2.75 bits per heavy atom. The van der Waals surface area contributed by atoms with Crippen molar-refractivity contribution in [1.82, 2.24) is 4.72 Å². The topological polar surface area (TPSA) is 55.4 Å². The predicted molar refractivity (Wildman–Crippen MR) is 61.0 cm³/mol. The first-order valence-corrected chi connectivity index (χ1v) is 6.80. The molecule has 1 fully saturated rings. The molecule has 88 valence electrons. The molecule has 0 spiro atoms. The van der Waals surface area contributed by atoms with Crippen LogP contribution in [-0.2, 0) is 14.8 Å². The fraction of sp³-hybridized carbons (Fsp3) is 0.400. The summed E-state index contributed by atoms with van der Waals surface area (Å²) in [6.07, 6.45) is 0.698. The zero-order chi connectivity index (χ0) is 11.6. The zero-order valence-electron chi connectivity index (χ0n) is 8.52. The number of nitrogens with one attached hydrogen (secondary N) is 1. The van der Waals surface area contributed by atoms with Gasteiger partial charge in [-0.1, -0.05) is 23.7 Å². The summed E-state index contributed by atoms with van der Waals surface area (Å²) in [5, 5.41) is 0.230. The molecule has 1 aromatic rings. The summed E-state index contributed by atoms with van der Waals surface area (Å²) >= 11 is 5.84. The van der Waals surface area contributed by atoms with Crippen molar-refractivity contribution >= 4 is 21.6 Å². The number of rotatable bonds is 3. The van der Waals surface area contributed by atoms with Gasteiger partial charge in [-0.25, -0.2) is 13.1 Å². The first-order chi connectivity index (χ1) is 7.59. The fourth-order valence-corrected chi connectivity index (χ4v) is 3.35. The number of sulfonamides is 1. The fourth-order valence-electron chi connectivity index (χ4n) is 1.57. The van der Waals surface area contributed by atoms with E-state index in [0.29, 0.717) is 19.6 Å². The Bertz CT molecular complexity index is 469. The van der Waals surface area contributed by atoms with Crippen molar-refractivity contribution < 1.29 is 13.2 Å². The second-order valence-corrected chi connectivity index (χ2v) is 5.70. The van der Waals surface area contributed by atoms with Gasteiger partial charge in [0.05, 0.1) is 11.6 Å². The third-order valence-corrected chi connectivity index (χ3v) is 4.40. The van der Waals surface area contributed by atoms with Gasteiger partial charge in [-0.3, -0.25) is 0 Å². The number of halogens is 1. The minimum atomic E-state index is -3.54. The van der Waals surface area contributed by atoms with E-state index in [1.165, 1.54) is 6.07 Å². The molecule has 1 aliphatic heterocycles. The Labute approximate surface area is 99.6 Å². The molecule has 0 bridgehead atoms. The van der Waals surface area contributed by atoms with E-state index in [4.69, 9.17) is 16.3 Å². The molecule has 1 N–H and O–H groups in total. The van der Waals surface area contributed by atoms with Crippen molar-refractivity contribution in [2.45, 2.75) is 17.4 Å². The van der Waals surface area contributed by atoms with E-state index >= 15 is 0 Å². The molecule has 0 amide bonds. The van der Waals surface area contributed by atoms with Gasteiger partial charge in [-0.05, 0) is 18.6 Å². The third-order valence-electron chi connectivity index (χ3n) is 2.38. The van der Waals surface area contributed by atoms with E-state index in [1.54, 1.807) is 18.2 Å². The maximum atomic E-state index is 12.0. The van der Waals surface area contributed by atoms with Crippen LogP contribution < -0.4 is 4.72 Å². The van der Waals surface area contributed by atoms with Crippen LogP contribution in [0.5, 0.6) is 0 Å². The molecule has 1 unspecified atom stereocenters. The Morgan fingerprint density at radius 2 is 2.12 bits per heavy atom. The summed E-state index contributed by atoms with van der Waals surface area (Å²) in [5.74, 6) is 0. The van der Waals surface area contributed by atoms with Gasteiger partial charge in [0.1, 0.15) is 4.90 Å². The zero-order valence-corrected chi connectivity index (χ0v) is 10.1. The molecule has 1 atom stereocenters. The Hall–Kier alpha value is -0.620. The van der Waals surface area contributed by atoms with Crippen LogP contribution >= 0.6 is 11.6 Å². The maximum Gasteiger partial charge on any atom is 0.242 e. The largest absolute Gasteiger partial charge is 0.380 e. The lowest BCUT2D eigenvalue weighted by molar-refractivity contribution is 0.192. The van der Waals surface area contributed by atoms with E-state index in [1.807, 2.05) is 0 Å². The summed E-state index contributed by atoms with van der Waals surface area (Å²) in [5.41, 5.74) is 0. The van der Waals surface area contributed by atoms with Crippen LogP contribution in [0.15, 0.2) is 29.2 Å². The molecule has 0 aromatic heterocycles. The van der Waals surface area contributed by atoms with Gasteiger partial charge in [-0.2, -0.15) is 0 Å². The third kappa shape index (κ3) is 2.55. The molecule has 0 radical (unpaired) electrons. The number of hydrogen-bond donors (Lipinski definition) is 1. The first-order valence-electron chi connectivity index (χ1n) is 4.94. The maximum absolute atomic E-state index is 12.0. The van der Waals surface area contributed by atoms with E-state index < -0.39 is 10.0 Å². The highest BCUT2D eigenvalue weighted by Gasteiger charge is 2.24.